The molecule has 0 radical (unpaired) electrons. The van der Waals surface area contributed by atoms with E-state index < -0.39 is 5.92 Å². The maximum Gasteiger partial charge on any atom is 0.306 e. The number of ether oxygens (including phenoxy) is 1. The SMILES string of the molecule is CCOC(=O)CC(c1ccc(Cl)cc1)C(C#N)c1ccc(Cl)cc1. The highest BCUT2D eigenvalue weighted by Crippen LogP contribution is 2.36. The van der Waals surface area contributed by atoms with E-state index in [2.05, 4.69) is 6.07 Å². The fourth-order valence-corrected chi connectivity index (χ4v) is 2.86. The van der Waals surface area contributed by atoms with Gasteiger partial charge in [0.25, 0.3) is 0 Å². The number of hydrogen-bond donors (Lipinski definition) is 0. The maximum absolute atomic E-state index is 12.0. The molecule has 2 aromatic rings. The number of rotatable bonds is 6. The van der Waals surface area contributed by atoms with Crippen LogP contribution < -0.4 is 0 Å². The van der Waals surface area contributed by atoms with Crippen LogP contribution in [0, 0.1) is 11.3 Å². The average Bonchev–Trinajstić information content (AvgIpc) is 2.57. The van der Waals surface area contributed by atoms with Crippen molar-refractivity contribution < 1.29 is 9.53 Å². The summed E-state index contributed by atoms with van der Waals surface area (Å²) < 4.78 is 5.07. The Hall–Kier alpha value is -2.02. The molecule has 0 aromatic heterocycles. The molecule has 0 aliphatic carbocycles. The van der Waals surface area contributed by atoms with E-state index in [9.17, 15) is 10.1 Å². The first-order valence-electron chi connectivity index (χ1n) is 7.61. The smallest absolute Gasteiger partial charge is 0.306 e. The van der Waals surface area contributed by atoms with Gasteiger partial charge in [0.15, 0.2) is 0 Å². The predicted molar refractivity (Wildman–Crippen MR) is 95.2 cm³/mol. The van der Waals surface area contributed by atoms with Gasteiger partial charge in [-0.25, -0.2) is 0 Å². The predicted octanol–water partition coefficient (Wildman–Crippen LogP) is 5.34. The summed E-state index contributed by atoms with van der Waals surface area (Å²) in [6, 6.07) is 16.6. The molecular weight excluding hydrogens is 345 g/mol. The van der Waals surface area contributed by atoms with Gasteiger partial charge in [-0.05, 0) is 42.3 Å². The van der Waals surface area contributed by atoms with E-state index in [-0.39, 0.29) is 18.3 Å². The topological polar surface area (TPSA) is 50.1 Å². The van der Waals surface area contributed by atoms with Crippen LogP contribution in [0.5, 0.6) is 0 Å². The Morgan fingerprint density at radius 3 is 2.00 bits per heavy atom. The first-order chi connectivity index (χ1) is 11.5. The largest absolute Gasteiger partial charge is 0.466 e. The van der Waals surface area contributed by atoms with Crippen LogP contribution in [-0.2, 0) is 9.53 Å². The summed E-state index contributed by atoms with van der Waals surface area (Å²) >= 11 is 11.9. The third kappa shape index (κ3) is 4.74. The van der Waals surface area contributed by atoms with Gasteiger partial charge >= 0.3 is 5.97 Å². The number of nitrogens with zero attached hydrogens (tertiary/aromatic N) is 1. The summed E-state index contributed by atoms with van der Waals surface area (Å²) in [4.78, 5) is 12.0. The van der Waals surface area contributed by atoms with Crippen molar-refractivity contribution in [1.82, 2.24) is 0 Å². The Morgan fingerprint density at radius 2 is 1.54 bits per heavy atom. The zero-order chi connectivity index (χ0) is 17.5. The second kappa shape index (κ2) is 8.73. The second-order valence-corrected chi connectivity index (χ2v) is 6.20. The van der Waals surface area contributed by atoms with Crippen LogP contribution in [0.15, 0.2) is 48.5 Å². The van der Waals surface area contributed by atoms with E-state index in [0.717, 1.165) is 11.1 Å². The van der Waals surface area contributed by atoms with Gasteiger partial charge in [-0.1, -0.05) is 47.5 Å². The fraction of sp³-hybridized carbons (Fsp3) is 0.263. The number of benzene rings is 2. The van der Waals surface area contributed by atoms with E-state index >= 15 is 0 Å². The molecule has 0 bridgehead atoms. The van der Waals surface area contributed by atoms with Crippen molar-refractivity contribution in [1.29, 1.82) is 5.26 Å². The van der Waals surface area contributed by atoms with Gasteiger partial charge in [-0.15, -0.1) is 0 Å². The molecule has 3 nitrogen and oxygen atoms in total. The summed E-state index contributed by atoms with van der Waals surface area (Å²) in [6.45, 7) is 2.07. The Balaban J connectivity index is 2.38. The molecule has 2 aromatic carbocycles. The highest BCUT2D eigenvalue weighted by molar-refractivity contribution is 6.30. The molecule has 0 heterocycles. The zero-order valence-electron chi connectivity index (χ0n) is 13.2. The molecule has 0 fully saturated rings. The average molecular weight is 362 g/mol. The number of carbonyl (C=O) groups excluding carboxylic acids is 1. The Labute approximate surface area is 151 Å². The highest BCUT2D eigenvalue weighted by atomic mass is 35.5. The second-order valence-electron chi connectivity index (χ2n) is 5.33. The van der Waals surface area contributed by atoms with Crippen molar-refractivity contribution in [3.8, 4) is 6.07 Å². The van der Waals surface area contributed by atoms with Crippen molar-refractivity contribution in [3.63, 3.8) is 0 Å². The highest BCUT2D eigenvalue weighted by Gasteiger charge is 2.28. The molecule has 2 unspecified atom stereocenters. The molecule has 124 valence electrons. The summed E-state index contributed by atoms with van der Waals surface area (Å²) in [5, 5.41) is 10.9. The Bertz CT molecular complexity index is 721. The molecule has 0 spiro atoms. The minimum absolute atomic E-state index is 0.121. The van der Waals surface area contributed by atoms with Crippen LogP contribution in [0.1, 0.15) is 36.3 Å². The molecule has 5 heteroatoms. The molecule has 0 amide bonds. The number of halogens is 2. The number of esters is 1. The molecule has 0 aliphatic rings. The van der Waals surface area contributed by atoms with E-state index in [1.807, 2.05) is 24.3 Å². The van der Waals surface area contributed by atoms with Crippen molar-refractivity contribution in [3.05, 3.63) is 69.7 Å². The lowest BCUT2D eigenvalue weighted by molar-refractivity contribution is -0.143. The third-order valence-corrected chi connectivity index (χ3v) is 4.26. The van der Waals surface area contributed by atoms with E-state index in [1.165, 1.54) is 0 Å². The van der Waals surface area contributed by atoms with Crippen molar-refractivity contribution >= 4 is 29.2 Å². The van der Waals surface area contributed by atoms with Crippen LogP contribution in [0.2, 0.25) is 10.0 Å². The van der Waals surface area contributed by atoms with Crippen molar-refractivity contribution in [2.75, 3.05) is 6.61 Å². The Morgan fingerprint density at radius 1 is 1.04 bits per heavy atom. The number of carbonyl (C=O) groups is 1. The summed E-state index contributed by atoms with van der Waals surface area (Å²) in [7, 11) is 0. The number of nitriles is 1. The standard InChI is InChI=1S/C19H17Cl2NO2/c1-2-24-19(23)11-17(13-3-7-15(20)8-4-13)18(12-22)14-5-9-16(21)10-6-14/h3-10,17-18H,2,11H2,1H3. The van der Waals surface area contributed by atoms with Gasteiger partial charge in [0.1, 0.15) is 0 Å². The van der Waals surface area contributed by atoms with Crippen LogP contribution in [0.25, 0.3) is 0 Å². The van der Waals surface area contributed by atoms with Gasteiger partial charge in [-0.2, -0.15) is 5.26 Å². The van der Waals surface area contributed by atoms with Gasteiger partial charge < -0.3 is 4.74 Å². The number of hydrogen-bond acceptors (Lipinski definition) is 3. The normalized spacial score (nSPS) is 12.9. The van der Waals surface area contributed by atoms with Crippen LogP contribution in [-0.4, -0.2) is 12.6 Å². The lowest BCUT2D eigenvalue weighted by Crippen LogP contribution is -2.16. The molecule has 0 saturated carbocycles. The molecule has 0 N–H and O–H groups in total. The van der Waals surface area contributed by atoms with Crippen LogP contribution in [0.3, 0.4) is 0 Å². The first kappa shape index (κ1) is 18.3. The minimum Gasteiger partial charge on any atom is -0.466 e. The summed E-state index contributed by atoms with van der Waals surface area (Å²) in [5.41, 5.74) is 1.68. The Kier molecular flexibility index (Phi) is 6.66. The van der Waals surface area contributed by atoms with Crippen molar-refractivity contribution in [2.24, 2.45) is 0 Å². The molecule has 0 saturated heterocycles. The lowest BCUT2D eigenvalue weighted by atomic mass is 9.80. The van der Waals surface area contributed by atoms with E-state index in [4.69, 9.17) is 27.9 Å². The first-order valence-corrected chi connectivity index (χ1v) is 8.37. The molecule has 2 rings (SSSR count). The van der Waals surface area contributed by atoms with E-state index in [1.54, 1.807) is 31.2 Å². The van der Waals surface area contributed by atoms with Crippen LogP contribution in [0.4, 0.5) is 0 Å². The van der Waals surface area contributed by atoms with Gasteiger partial charge in [0.2, 0.25) is 0 Å². The summed E-state index contributed by atoms with van der Waals surface area (Å²) in [6.07, 6.45) is 0.121. The van der Waals surface area contributed by atoms with Crippen molar-refractivity contribution in [2.45, 2.75) is 25.2 Å². The molecular formula is C19H17Cl2NO2. The monoisotopic (exact) mass is 361 g/mol. The fourth-order valence-electron chi connectivity index (χ4n) is 2.60. The summed E-state index contributed by atoms with van der Waals surface area (Å²) in [5.74, 6) is -1.15. The minimum atomic E-state index is -0.493. The van der Waals surface area contributed by atoms with Gasteiger partial charge in [0.05, 0.1) is 25.0 Å². The quantitative estimate of drug-likeness (QED) is 0.652. The van der Waals surface area contributed by atoms with Crippen LogP contribution >= 0.6 is 23.2 Å². The lowest BCUT2D eigenvalue weighted by Gasteiger charge is -2.22. The molecule has 0 aliphatic heterocycles. The van der Waals surface area contributed by atoms with Gasteiger partial charge in [-0.3, -0.25) is 4.79 Å². The molecule has 24 heavy (non-hydrogen) atoms. The third-order valence-electron chi connectivity index (χ3n) is 3.76. The maximum atomic E-state index is 12.0. The molecule has 2 atom stereocenters. The van der Waals surface area contributed by atoms with Gasteiger partial charge in [0, 0.05) is 16.0 Å². The van der Waals surface area contributed by atoms with E-state index in [0.29, 0.717) is 16.7 Å². The zero-order valence-corrected chi connectivity index (χ0v) is 14.7.